The Hall–Kier alpha value is -2.40. The standard InChI is InChI=1S/C19H16ClFN2O2/c20-14-3-1-4-15(21)19(14)13-10-17(24)22-16-9-11(6-7-12(13)16)23-8-2-5-18(23)25/h1,3-4,6-7,9,13H,2,5,8,10H2,(H,22,24). The maximum atomic E-state index is 14.4. The summed E-state index contributed by atoms with van der Waals surface area (Å²) in [7, 11) is 0. The van der Waals surface area contributed by atoms with Crippen LogP contribution in [-0.2, 0) is 9.59 Å². The highest BCUT2D eigenvalue weighted by Gasteiger charge is 2.31. The van der Waals surface area contributed by atoms with Crippen molar-refractivity contribution in [3.05, 3.63) is 58.4 Å². The number of nitrogens with one attached hydrogen (secondary N) is 1. The van der Waals surface area contributed by atoms with E-state index >= 15 is 0 Å². The van der Waals surface area contributed by atoms with Crippen LogP contribution in [0.4, 0.5) is 15.8 Å². The molecule has 0 radical (unpaired) electrons. The van der Waals surface area contributed by atoms with E-state index in [1.807, 2.05) is 12.1 Å². The van der Waals surface area contributed by atoms with Gasteiger partial charge >= 0.3 is 0 Å². The summed E-state index contributed by atoms with van der Waals surface area (Å²) in [4.78, 5) is 25.8. The number of carbonyl (C=O) groups excluding carboxylic acids is 2. The fourth-order valence-electron chi connectivity index (χ4n) is 3.64. The van der Waals surface area contributed by atoms with E-state index in [0.717, 1.165) is 17.7 Å². The van der Waals surface area contributed by atoms with Gasteiger partial charge in [0.2, 0.25) is 11.8 Å². The second-order valence-corrected chi connectivity index (χ2v) is 6.77. The van der Waals surface area contributed by atoms with Crippen LogP contribution in [0.3, 0.4) is 0 Å². The molecule has 1 saturated heterocycles. The lowest BCUT2D eigenvalue weighted by molar-refractivity contribution is -0.117. The van der Waals surface area contributed by atoms with Gasteiger partial charge < -0.3 is 10.2 Å². The number of hydrogen-bond donors (Lipinski definition) is 1. The molecular weight excluding hydrogens is 343 g/mol. The number of rotatable bonds is 2. The first-order valence-corrected chi connectivity index (χ1v) is 8.60. The summed E-state index contributed by atoms with van der Waals surface area (Å²) in [6.45, 7) is 0.675. The lowest BCUT2D eigenvalue weighted by Crippen LogP contribution is -2.27. The van der Waals surface area contributed by atoms with Gasteiger partial charge in [-0.1, -0.05) is 23.7 Å². The Bertz CT molecular complexity index is 863. The van der Waals surface area contributed by atoms with Crippen LogP contribution in [0.5, 0.6) is 0 Å². The molecule has 25 heavy (non-hydrogen) atoms. The van der Waals surface area contributed by atoms with Gasteiger partial charge in [0.15, 0.2) is 0 Å². The molecule has 1 unspecified atom stereocenters. The molecule has 2 aliphatic rings. The van der Waals surface area contributed by atoms with Crippen molar-refractivity contribution in [3.63, 3.8) is 0 Å². The summed E-state index contributed by atoms with van der Waals surface area (Å²) in [5.74, 6) is -0.977. The van der Waals surface area contributed by atoms with E-state index in [1.54, 1.807) is 23.1 Å². The van der Waals surface area contributed by atoms with Crippen molar-refractivity contribution in [1.29, 1.82) is 0 Å². The van der Waals surface area contributed by atoms with Crippen LogP contribution in [0.1, 0.15) is 36.3 Å². The number of hydrogen-bond acceptors (Lipinski definition) is 2. The minimum atomic E-state index is -0.444. The van der Waals surface area contributed by atoms with E-state index < -0.39 is 11.7 Å². The van der Waals surface area contributed by atoms with Gasteiger partial charge in [0.05, 0.1) is 0 Å². The Morgan fingerprint density at radius 1 is 1.20 bits per heavy atom. The smallest absolute Gasteiger partial charge is 0.227 e. The molecule has 2 aliphatic heterocycles. The predicted molar refractivity (Wildman–Crippen MR) is 94.5 cm³/mol. The molecular formula is C19H16ClFN2O2. The summed E-state index contributed by atoms with van der Waals surface area (Å²) in [5.41, 5.74) is 2.51. The number of halogens is 2. The van der Waals surface area contributed by atoms with Gasteiger partial charge in [-0.05, 0) is 36.2 Å². The summed E-state index contributed by atoms with van der Waals surface area (Å²) >= 11 is 6.21. The monoisotopic (exact) mass is 358 g/mol. The maximum absolute atomic E-state index is 14.4. The topological polar surface area (TPSA) is 49.4 Å². The summed E-state index contributed by atoms with van der Waals surface area (Å²) in [5, 5.41) is 3.14. The molecule has 0 aliphatic carbocycles. The highest BCUT2D eigenvalue weighted by molar-refractivity contribution is 6.31. The normalized spacial score (nSPS) is 19.8. The van der Waals surface area contributed by atoms with Gasteiger partial charge in [-0.25, -0.2) is 4.39 Å². The van der Waals surface area contributed by atoms with E-state index in [4.69, 9.17) is 11.6 Å². The number of amides is 2. The zero-order valence-electron chi connectivity index (χ0n) is 13.4. The van der Waals surface area contributed by atoms with Crippen molar-refractivity contribution in [2.45, 2.75) is 25.2 Å². The quantitative estimate of drug-likeness (QED) is 0.879. The Kier molecular flexibility index (Phi) is 3.96. The first kappa shape index (κ1) is 16.1. The van der Waals surface area contributed by atoms with Crippen molar-refractivity contribution in [2.24, 2.45) is 0 Å². The van der Waals surface area contributed by atoms with Crippen molar-refractivity contribution in [2.75, 3.05) is 16.8 Å². The highest BCUT2D eigenvalue weighted by Crippen LogP contribution is 2.42. The molecule has 2 amide bonds. The number of fused-ring (bicyclic) bond motifs is 1. The van der Waals surface area contributed by atoms with Gasteiger partial charge in [-0.2, -0.15) is 0 Å². The number of benzene rings is 2. The van der Waals surface area contributed by atoms with E-state index in [-0.39, 0.29) is 18.2 Å². The first-order valence-electron chi connectivity index (χ1n) is 8.22. The third kappa shape index (κ3) is 2.78. The van der Waals surface area contributed by atoms with E-state index in [2.05, 4.69) is 5.32 Å². The Morgan fingerprint density at radius 3 is 2.76 bits per heavy atom. The maximum Gasteiger partial charge on any atom is 0.227 e. The summed E-state index contributed by atoms with van der Waals surface area (Å²) in [6, 6.07) is 10.0. The molecule has 0 spiro atoms. The van der Waals surface area contributed by atoms with Gasteiger partial charge in [-0.15, -0.1) is 0 Å². The van der Waals surface area contributed by atoms with Gasteiger partial charge in [-0.3, -0.25) is 9.59 Å². The molecule has 1 N–H and O–H groups in total. The van der Waals surface area contributed by atoms with Crippen molar-refractivity contribution < 1.29 is 14.0 Å². The van der Waals surface area contributed by atoms with Gasteiger partial charge in [0.25, 0.3) is 0 Å². The fourth-order valence-corrected chi connectivity index (χ4v) is 3.94. The lowest BCUT2D eigenvalue weighted by atomic mass is 9.84. The SMILES string of the molecule is O=C1CC(c2c(F)cccc2Cl)c2ccc(N3CCCC3=O)cc2N1. The third-order valence-corrected chi connectivity index (χ3v) is 5.14. The number of anilines is 2. The first-order chi connectivity index (χ1) is 12.0. The molecule has 0 aromatic heterocycles. The molecule has 1 fully saturated rings. The highest BCUT2D eigenvalue weighted by atomic mass is 35.5. The number of carbonyl (C=O) groups is 2. The zero-order chi connectivity index (χ0) is 17.6. The molecule has 0 bridgehead atoms. The molecule has 4 rings (SSSR count). The molecule has 4 nitrogen and oxygen atoms in total. The van der Waals surface area contributed by atoms with Gasteiger partial charge in [0.1, 0.15) is 5.82 Å². The molecule has 2 heterocycles. The van der Waals surface area contributed by atoms with E-state index in [0.29, 0.717) is 29.2 Å². The lowest BCUT2D eigenvalue weighted by Gasteiger charge is -2.28. The van der Waals surface area contributed by atoms with Crippen molar-refractivity contribution in [3.8, 4) is 0 Å². The summed E-state index contributed by atoms with van der Waals surface area (Å²) in [6.07, 6.45) is 1.50. The average Bonchev–Trinajstić information content (AvgIpc) is 3.00. The second-order valence-electron chi connectivity index (χ2n) is 6.36. The molecule has 2 aromatic carbocycles. The van der Waals surface area contributed by atoms with Crippen molar-refractivity contribution >= 4 is 34.8 Å². The van der Waals surface area contributed by atoms with E-state index in [9.17, 15) is 14.0 Å². The van der Waals surface area contributed by atoms with Crippen molar-refractivity contribution in [1.82, 2.24) is 0 Å². The Morgan fingerprint density at radius 2 is 2.04 bits per heavy atom. The van der Waals surface area contributed by atoms with Crippen LogP contribution in [0.2, 0.25) is 5.02 Å². The second kappa shape index (κ2) is 6.15. The molecule has 128 valence electrons. The van der Waals surface area contributed by atoms with Crippen LogP contribution in [0.15, 0.2) is 36.4 Å². The summed E-state index contributed by atoms with van der Waals surface area (Å²) < 4.78 is 14.4. The van der Waals surface area contributed by atoms with Crippen LogP contribution in [0.25, 0.3) is 0 Å². The fraction of sp³-hybridized carbons (Fsp3) is 0.263. The molecule has 6 heteroatoms. The molecule has 0 saturated carbocycles. The third-order valence-electron chi connectivity index (χ3n) is 4.81. The van der Waals surface area contributed by atoms with Crippen LogP contribution >= 0.6 is 11.6 Å². The number of nitrogens with zero attached hydrogens (tertiary/aromatic N) is 1. The molecule has 2 aromatic rings. The minimum absolute atomic E-state index is 0.0794. The van der Waals surface area contributed by atoms with E-state index in [1.165, 1.54) is 6.07 Å². The average molecular weight is 359 g/mol. The van der Waals surface area contributed by atoms with Gasteiger partial charge in [0, 0.05) is 47.3 Å². The van der Waals surface area contributed by atoms with Crippen LogP contribution in [0, 0.1) is 5.82 Å². The zero-order valence-corrected chi connectivity index (χ0v) is 14.1. The minimum Gasteiger partial charge on any atom is -0.326 e. The van der Waals surface area contributed by atoms with Crippen LogP contribution in [-0.4, -0.2) is 18.4 Å². The largest absolute Gasteiger partial charge is 0.326 e. The Labute approximate surface area is 149 Å². The Balaban J connectivity index is 1.79. The predicted octanol–water partition coefficient (Wildman–Crippen LogP) is 4.08. The van der Waals surface area contributed by atoms with Crippen LogP contribution < -0.4 is 10.2 Å². The molecule has 1 atom stereocenters.